The first-order valence-electron chi connectivity index (χ1n) is 28.4. The second-order valence-electron chi connectivity index (χ2n) is 19.7. The van der Waals surface area contributed by atoms with Crippen molar-refractivity contribution in [3.05, 3.63) is 48.6 Å². The molecule has 6 N–H and O–H groups in total. The number of aliphatic hydroxyl groups excluding tert-OH is 5. The van der Waals surface area contributed by atoms with E-state index >= 15 is 0 Å². The Balaban J connectivity index is 1.98. The molecule has 0 saturated carbocycles. The van der Waals surface area contributed by atoms with Crippen LogP contribution in [0.5, 0.6) is 0 Å². The van der Waals surface area contributed by atoms with Gasteiger partial charge in [0.05, 0.1) is 25.4 Å². The maximum Gasteiger partial charge on any atom is 0.220 e. The van der Waals surface area contributed by atoms with Crippen LogP contribution in [0.3, 0.4) is 0 Å². The Morgan fingerprint density at radius 3 is 1.39 bits per heavy atom. The second kappa shape index (κ2) is 47.8. The molecule has 0 aliphatic carbocycles. The van der Waals surface area contributed by atoms with E-state index in [1.807, 2.05) is 6.08 Å². The van der Waals surface area contributed by atoms with E-state index in [2.05, 4.69) is 55.6 Å². The zero-order chi connectivity index (χ0) is 48.7. The number of hydrogen-bond donors (Lipinski definition) is 6. The van der Waals surface area contributed by atoms with Gasteiger partial charge in [0, 0.05) is 6.42 Å². The topological polar surface area (TPSA) is 149 Å². The summed E-state index contributed by atoms with van der Waals surface area (Å²) in [6.07, 6.45) is 56.8. The summed E-state index contributed by atoms with van der Waals surface area (Å²) in [5.41, 5.74) is 0. The first-order valence-corrected chi connectivity index (χ1v) is 28.4. The lowest BCUT2D eigenvalue weighted by atomic mass is 9.99. The van der Waals surface area contributed by atoms with Gasteiger partial charge < -0.3 is 40.3 Å². The fraction of sp³-hybridized carbons (Fsp3) is 0.845. The number of nitrogens with one attached hydrogen (secondary N) is 1. The molecule has 1 amide bonds. The van der Waals surface area contributed by atoms with Crippen LogP contribution < -0.4 is 5.32 Å². The molecule has 7 unspecified atom stereocenters. The average molecular weight is 946 g/mol. The van der Waals surface area contributed by atoms with Crippen LogP contribution in [0.25, 0.3) is 0 Å². The van der Waals surface area contributed by atoms with E-state index in [9.17, 15) is 30.3 Å². The summed E-state index contributed by atoms with van der Waals surface area (Å²) >= 11 is 0. The summed E-state index contributed by atoms with van der Waals surface area (Å²) in [7, 11) is 0. The number of unbranched alkanes of at least 4 members (excludes halogenated alkanes) is 32. The Morgan fingerprint density at radius 2 is 0.925 bits per heavy atom. The molecule has 1 heterocycles. The van der Waals surface area contributed by atoms with Gasteiger partial charge in [-0.2, -0.15) is 0 Å². The van der Waals surface area contributed by atoms with Crippen molar-refractivity contribution in [1.29, 1.82) is 0 Å². The molecule has 392 valence electrons. The largest absolute Gasteiger partial charge is 0.394 e. The zero-order valence-corrected chi connectivity index (χ0v) is 43.4. The minimum atomic E-state index is -1.57. The molecule has 0 aromatic rings. The number of ether oxygens (including phenoxy) is 2. The number of carbonyl (C=O) groups excluding carboxylic acids is 1. The monoisotopic (exact) mass is 946 g/mol. The first-order chi connectivity index (χ1) is 32.8. The number of aliphatic hydroxyl groups is 5. The van der Waals surface area contributed by atoms with Crippen LogP contribution in [0.1, 0.15) is 258 Å². The van der Waals surface area contributed by atoms with Gasteiger partial charge in [0.1, 0.15) is 24.4 Å². The van der Waals surface area contributed by atoms with Crippen molar-refractivity contribution in [2.75, 3.05) is 13.2 Å². The number of carbonyl (C=O) groups is 1. The minimum absolute atomic E-state index is 0.189. The zero-order valence-electron chi connectivity index (χ0n) is 43.4. The summed E-state index contributed by atoms with van der Waals surface area (Å²) in [4.78, 5) is 12.9. The third-order valence-corrected chi connectivity index (χ3v) is 13.4. The fourth-order valence-electron chi connectivity index (χ4n) is 8.86. The highest BCUT2D eigenvalue weighted by molar-refractivity contribution is 5.76. The summed E-state index contributed by atoms with van der Waals surface area (Å²) < 4.78 is 11.2. The first kappa shape index (κ1) is 63.2. The van der Waals surface area contributed by atoms with Crippen molar-refractivity contribution in [2.24, 2.45) is 0 Å². The standard InChI is InChI=1S/C58H107NO8/c1-3-5-7-9-11-12-13-14-15-16-17-18-19-20-21-22-23-24-25-26-27-28-29-30-31-32-33-34-35-36-37-38-39-40-42-44-46-48-54(62)59-51(52(61)47-45-43-41-10-8-6-4-2)50-66-58-57(65)56(64)55(63)53(49-60)67-58/h8,10,13-14,16-17,45,47,51-53,55-58,60-61,63-65H,3-7,9,11-12,15,18-44,46,48-50H2,1-2H3,(H,59,62)/b10-8+,14-13-,17-16-,47-45+. The van der Waals surface area contributed by atoms with E-state index in [-0.39, 0.29) is 12.5 Å². The Kier molecular flexibility index (Phi) is 45.1. The molecule has 0 bridgehead atoms. The quantitative estimate of drug-likeness (QED) is 0.0261. The lowest BCUT2D eigenvalue weighted by molar-refractivity contribution is -0.302. The molecule has 7 atom stereocenters. The normalized spacial score (nSPS) is 20.0. The SMILES string of the molecule is CCC/C=C/CC/C=C/C(O)C(COC1OC(CO)C(O)C(O)C1O)NC(=O)CCCCCCCCCCCCCCCCCCCCCCCCCCC/C=C\C/C=C\CCCCCCC. The van der Waals surface area contributed by atoms with Gasteiger partial charge in [-0.15, -0.1) is 0 Å². The van der Waals surface area contributed by atoms with E-state index in [4.69, 9.17) is 9.47 Å². The van der Waals surface area contributed by atoms with E-state index in [1.165, 1.54) is 186 Å². The van der Waals surface area contributed by atoms with Gasteiger partial charge in [-0.1, -0.05) is 242 Å². The highest BCUT2D eigenvalue weighted by Gasteiger charge is 2.44. The molecule has 1 rings (SSSR count). The predicted molar refractivity (Wildman–Crippen MR) is 281 cm³/mol. The maximum absolute atomic E-state index is 12.9. The maximum atomic E-state index is 12.9. The highest BCUT2D eigenvalue weighted by atomic mass is 16.7. The van der Waals surface area contributed by atoms with Gasteiger partial charge >= 0.3 is 0 Å². The highest BCUT2D eigenvalue weighted by Crippen LogP contribution is 2.23. The summed E-state index contributed by atoms with van der Waals surface area (Å²) in [6.45, 7) is 3.64. The molecule has 67 heavy (non-hydrogen) atoms. The van der Waals surface area contributed by atoms with Crippen molar-refractivity contribution in [3.63, 3.8) is 0 Å². The molecule has 0 spiro atoms. The van der Waals surface area contributed by atoms with E-state index in [1.54, 1.807) is 6.08 Å². The van der Waals surface area contributed by atoms with Gasteiger partial charge in [-0.05, 0) is 57.8 Å². The Bertz CT molecular complexity index is 1190. The lowest BCUT2D eigenvalue weighted by Gasteiger charge is -2.40. The van der Waals surface area contributed by atoms with Crippen LogP contribution in [0.2, 0.25) is 0 Å². The number of rotatable bonds is 48. The van der Waals surface area contributed by atoms with Gasteiger partial charge in [0.2, 0.25) is 5.91 Å². The van der Waals surface area contributed by atoms with E-state index < -0.39 is 49.5 Å². The molecule has 9 nitrogen and oxygen atoms in total. The van der Waals surface area contributed by atoms with Crippen molar-refractivity contribution in [3.8, 4) is 0 Å². The third-order valence-electron chi connectivity index (χ3n) is 13.4. The van der Waals surface area contributed by atoms with Gasteiger partial charge in [-0.3, -0.25) is 4.79 Å². The summed E-state index contributed by atoms with van der Waals surface area (Å²) in [6, 6.07) is -0.817. The third kappa shape index (κ3) is 37.6. The van der Waals surface area contributed by atoms with Crippen molar-refractivity contribution >= 4 is 5.91 Å². The van der Waals surface area contributed by atoms with Crippen molar-refractivity contribution in [1.82, 2.24) is 5.32 Å². The van der Waals surface area contributed by atoms with Crippen LogP contribution in [-0.2, 0) is 14.3 Å². The Morgan fingerprint density at radius 1 is 0.507 bits per heavy atom. The van der Waals surface area contributed by atoms with Crippen LogP contribution in [0.15, 0.2) is 48.6 Å². The predicted octanol–water partition coefficient (Wildman–Crippen LogP) is 13.7. The Hall–Kier alpha value is -1.85. The second-order valence-corrected chi connectivity index (χ2v) is 19.7. The minimum Gasteiger partial charge on any atom is -0.394 e. The molecular weight excluding hydrogens is 839 g/mol. The van der Waals surface area contributed by atoms with Crippen LogP contribution in [0.4, 0.5) is 0 Å². The molecule has 9 heteroatoms. The number of hydrogen-bond acceptors (Lipinski definition) is 8. The summed E-state index contributed by atoms with van der Waals surface area (Å²) in [5, 5.41) is 54.0. The van der Waals surface area contributed by atoms with Crippen LogP contribution in [-0.4, -0.2) is 87.5 Å². The van der Waals surface area contributed by atoms with Gasteiger partial charge in [0.15, 0.2) is 6.29 Å². The van der Waals surface area contributed by atoms with Gasteiger partial charge in [-0.25, -0.2) is 0 Å². The molecule has 0 aromatic heterocycles. The van der Waals surface area contributed by atoms with Crippen molar-refractivity contribution in [2.45, 2.75) is 301 Å². The lowest BCUT2D eigenvalue weighted by Crippen LogP contribution is -2.60. The van der Waals surface area contributed by atoms with Crippen LogP contribution >= 0.6 is 0 Å². The van der Waals surface area contributed by atoms with Crippen molar-refractivity contribution < 1.29 is 39.8 Å². The molecule has 0 aromatic carbocycles. The Labute approximate surface area is 412 Å². The fourth-order valence-corrected chi connectivity index (χ4v) is 8.86. The molecule has 1 aliphatic heterocycles. The van der Waals surface area contributed by atoms with E-state index in [0.29, 0.717) is 6.42 Å². The van der Waals surface area contributed by atoms with Crippen LogP contribution in [0, 0.1) is 0 Å². The smallest absolute Gasteiger partial charge is 0.220 e. The molecule has 1 fully saturated rings. The summed E-state index contributed by atoms with van der Waals surface area (Å²) in [5.74, 6) is -0.189. The molecular formula is C58H107NO8. The molecule has 1 saturated heterocycles. The molecule has 1 aliphatic rings. The van der Waals surface area contributed by atoms with E-state index in [0.717, 1.165) is 51.4 Å². The number of amides is 1. The molecule has 0 radical (unpaired) electrons. The van der Waals surface area contributed by atoms with Gasteiger partial charge in [0.25, 0.3) is 0 Å². The number of allylic oxidation sites excluding steroid dienone is 7. The average Bonchev–Trinajstić information content (AvgIpc) is 3.33.